The zero-order valence-electron chi connectivity index (χ0n) is 15.1. The second-order valence-electron chi connectivity index (χ2n) is 5.93. The van der Waals surface area contributed by atoms with Crippen LogP contribution in [0, 0.1) is 0 Å². The van der Waals surface area contributed by atoms with E-state index < -0.39 is 10.1 Å². The maximum atomic E-state index is 9.79. The van der Waals surface area contributed by atoms with Gasteiger partial charge in [0.1, 0.15) is 0 Å². The van der Waals surface area contributed by atoms with E-state index >= 15 is 0 Å². The molecule has 0 rings (SSSR count). The van der Waals surface area contributed by atoms with Gasteiger partial charge in [-0.25, -0.2) is 0 Å². The van der Waals surface area contributed by atoms with Crippen LogP contribution >= 0.6 is 0 Å². The predicted octanol–water partition coefficient (Wildman–Crippen LogP) is 4.80. The average Bonchev–Trinajstić information content (AvgIpc) is 2.44. The van der Waals surface area contributed by atoms with Crippen molar-refractivity contribution in [3.8, 4) is 0 Å². The first-order valence-electron chi connectivity index (χ1n) is 9.07. The van der Waals surface area contributed by atoms with Crippen molar-refractivity contribution in [1.29, 1.82) is 0 Å². The fraction of sp³-hybridized carbons (Fsp3) is 1.00. The molecule has 0 aromatic rings. The Morgan fingerprint density at radius 2 is 1.14 bits per heavy atom. The van der Waals surface area contributed by atoms with E-state index in [0.717, 1.165) is 0 Å². The van der Waals surface area contributed by atoms with E-state index in [0.29, 0.717) is 6.42 Å². The molecule has 0 fully saturated rings. The molecule has 0 aliphatic carbocycles. The van der Waals surface area contributed by atoms with Crippen molar-refractivity contribution in [2.45, 2.75) is 90.9 Å². The summed E-state index contributed by atoms with van der Waals surface area (Å²) in [6.45, 7) is 5.16. The van der Waals surface area contributed by atoms with Crippen LogP contribution < -0.4 is 5.32 Å². The van der Waals surface area contributed by atoms with Crippen LogP contribution in [-0.4, -0.2) is 32.3 Å². The van der Waals surface area contributed by atoms with E-state index in [1.165, 1.54) is 77.2 Å². The molecule has 0 atom stereocenters. The molecule has 0 amide bonds. The maximum absolute atomic E-state index is 9.79. The lowest BCUT2D eigenvalue weighted by atomic mass is 10.1. The number of nitrogens with one attached hydrogen (secondary N) is 1. The average molecular weight is 338 g/mol. The summed E-state index contributed by atoms with van der Waals surface area (Å²) < 4.78 is 27.6. The van der Waals surface area contributed by atoms with Crippen molar-refractivity contribution < 1.29 is 13.0 Å². The molecule has 22 heavy (non-hydrogen) atoms. The van der Waals surface area contributed by atoms with E-state index in [1.54, 1.807) is 6.92 Å². The van der Waals surface area contributed by atoms with Gasteiger partial charge >= 0.3 is 0 Å². The molecule has 5 heteroatoms. The molecule has 0 unspecified atom stereocenters. The van der Waals surface area contributed by atoms with Gasteiger partial charge in [0.15, 0.2) is 0 Å². The first-order chi connectivity index (χ1) is 10.5. The molecule has 0 aliphatic rings. The van der Waals surface area contributed by atoms with Crippen LogP contribution in [-0.2, 0) is 10.1 Å². The molecule has 2 N–H and O–H groups in total. The summed E-state index contributed by atoms with van der Waals surface area (Å²) in [7, 11) is -1.64. The molecule has 0 aliphatic heterocycles. The van der Waals surface area contributed by atoms with Gasteiger partial charge in [0, 0.05) is 0 Å². The summed E-state index contributed by atoms with van der Waals surface area (Å²) in [6.07, 6.45) is 16.3. The first-order valence-corrected chi connectivity index (χ1v) is 10.7. The third kappa shape index (κ3) is 28.1. The molecular formula is C17H39NO3S. The zero-order chi connectivity index (χ0) is 17.1. The van der Waals surface area contributed by atoms with Gasteiger partial charge in [-0.15, -0.1) is 0 Å². The molecule has 0 heterocycles. The summed E-state index contributed by atoms with van der Waals surface area (Å²) in [5.41, 5.74) is 0. The van der Waals surface area contributed by atoms with Gasteiger partial charge in [0.2, 0.25) is 0 Å². The SMILES string of the molecule is CCCCCCCCCCCCCNC.CCCS(=O)(=O)O. The lowest BCUT2D eigenvalue weighted by molar-refractivity contribution is 0.482. The van der Waals surface area contributed by atoms with E-state index in [-0.39, 0.29) is 5.75 Å². The van der Waals surface area contributed by atoms with Crippen molar-refractivity contribution in [2.24, 2.45) is 0 Å². The van der Waals surface area contributed by atoms with Gasteiger partial charge < -0.3 is 5.32 Å². The van der Waals surface area contributed by atoms with Crippen molar-refractivity contribution in [1.82, 2.24) is 5.32 Å². The summed E-state index contributed by atoms with van der Waals surface area (Å²) in [4.78, 5) is 0. The largest absolute Gasteiger partial charge is 0.320 e. The highest BCUT2D eigenvalue weighted by Gasteiger charge is 1.98. The van der Waals surface area contributed by atoms with Crippen LogP contribution in [0.15, 0.2) is 0 Å². The van der Waals surface area contributed by atoms with Crippen LogP contribution in [0.4, 0.5) is 0 Å². The molecule has 136 valence electrons. The predicted molar refractivity (Wildman–Crippen MR) is 97.1 cm³/mol. The number of unbranched alkanes of at least 4 members (excludes halogenated alkanes) is 10. The number of rotatable bonds is 14. The Morgan fingerprint density at radius 1 is 0.727 bits per heavy atom. The lowest BCUT2D eigenvalue weighted by Crippen LogP contribution is -2.06. The van der Waals surface area contributed by atoms with E-state index in [4.69, 9.17) is 4.55 Å². The van der Waals surface area contributed by atoms with Gasteiger partial charge in [-0.1, -0.05) is 78.1 Å². The van der Waals surface area contributed by atoms with Crippen molar-refractivity contribution in [3.63, 3.8) is 0 Å². The van der Waals surface area contributed by atoms with E-state index in [1.807, 2.05) is 7.05 Å². The number of hydrogen-bond acceptors (Lipinski definition) is 3. The zero-order valence-corrected chi connectivity index (χ0v) is 15.9. The van der Waals surface area contributed by atoms with Crippen LogP contribution in [0.2, 0.25) is 0 Å². The smallest absolute Gasteiger partial charge is 0.264 e. The quantitative estimate of drug-likeness (QED) is 0.353. The Labute approximate surface area is 139 Å². The van der Waals surface area contributed by atoms with Crippen LogP contribution in [0.25, 0.3) is 0 Å². The second-order valence-corrected chi connectivity index (χ2v) is 7.50. The fourth-order valence-electron chi connectivity index (χ4n) is 2.22. The highest BCUT2D eigenvalue weighted by Crippen LogP contribution is 2.10. The maximum Gasteiger partial charge on any atom is 0.264 e. The molecule has 0 radical (unpaired) electrons. The summed E-state index contributed by atoms with van der Waals surface area (Å²) in [5.74, 6) is -0.132. The molecule has 0 saturated carbocycles. The van der Waals surface area contributed by atoms with E-state index in [9.17, 15) is 8.42 Å². The lowest BCUT2D eigenvalue weighted by Gasteiger charge is -2.02. The summed E-state index contributed by atoms with van der Waals surface area (Å²) >= 11 is 0. The first kappa shape index (κ1) is 24.1. The molecule has 0 bridgehead atoms. The molecule has 0 aromatic carbocycles. The molecule has 0 saturated heterocycles. The van der Waals surface area contributed by atoms with Gasteiger partial charge in [-0.2, -0.15) is 8.42 Å². The minimum atomic E-state index is -3.67. The fourth-order valence-corrected chi connectivity index (χ4v) is 2.74. The highest BCUT2D eigenvalue weighted by molar-refractivity contribution is 7.85. The summed E-state index contributed by atoms with van der Waals surface area (Å²) in [6, 6.07) is 0. The standard InChI is InChI=1S/C14H31N.C3H8O3S/c1-3-4-5-6-7-8-9-10-11-12-13-14-15-2;1-2-3-7(4,5)6/h15H,3-14H2,1-2H3;2-3H2,1H3,(H,4,5,6). The van der Waals surface area contributed by atoms with Crippen molar-refractivity contribution in [2.75, 3.05) is 19.3 Å². The molecule has 0 spiro atoms. The molecular weight excluding hydrogens is 298 g/mol. The van der Waals surface area contributed by atoms with Crippen LogP contribution in [0.3, 0.4) is 0 Å². The van der Waals surface area contributed by atoms with Crippen molar-refractivity contribution >= 4 is 10.1 Å². The van der Waals surface area contributed by atoms with Gasteiger partial charge in [-0.05, 0) is 26.4 Å². The van der Waals surface area contributed by atoms with Crippen LogP contribution in [0.1, 0.15) is 90.9 Å². The molecule has 4 nitrogen and oxygen atoms in total. The number of hydrogen-bond donors (Lipinski definition) is 2. The van der Waals surface area contributed by atoms with Gasteiger partial charge in [0.25, 0.3) is 10.1 Å². The topological polar surface area (TPSA) is 66.4 Å². The highest BCUT2D eigenvalue weighted by atomic mass is 32.2. The Morgan fingerprint density at radius 3 is 1.41 bits per heavy atom. The third-order valence-electron chi connectivity index (χ3n) is 3.49. The van der Waals surface area contributed by atoms with Crippen LogP contribution in [0.5, 0.6) is 0 Å². The minimum absolute atomic E-state index is 0.132. The van der Waals surface area contributed by atoms with Crippen molar-refractivity contribution in [3.05, 3.63) is 0 Å². The minimum Gasteiger partial charge on any atom is -0.320 e. The Kier molecular flexibility index (Phi) is 20.7. The monoisotopic (exact) mass is 337 g/mol. The normalized spacial score (nSPS) is 11.1. The van der Waals surface area contributed by atoms with E-state index in [2.05, 4.69) is 12.2 Å². The molecule has 0 aromatic heterocycles. The summed E-state index contributed by atoms with van der Waals surface area (Å²) in [5, 5.41) is 3.20. The Balaban J connectivity index is 0. The van der Waals surface area contributed by atoms with Gasteiger partial charge in [-0.3, -0.25) is 4.55 Å². The Bertz CT molecular complexity index is 280. The Hall–Kier alpha value is -0.130. The van der Waals surface area contributed by atoms with Gasteiger partial charge in [0.05, 0.1) is 5.75 Å². The second kappa shape index (κ2) is 18.9. The third-order valence-corrected chi connectivity index (χ3v) is 4.42.